The van der Waals surface area contributed by atoms with Gasteiger partial charge in [-0.2, -0.15) is 0 Å². The Bertz CT molecular complexity index is 367. The molecule has 1 amide bonds. The molecule has 0 saturated carbocycles. The minimum atomic E-state index is -0.804. The fraction of sp³-hybridized carbons (Fsp3) is 0.846. The van der Waals surface area contributed by atoms with E-state index in [0.29, 0.717) is 31.7 Å². The van der Waals surface area contributed by atoms with Gasteiger partial charge in [-0.25, -0.2) is 0 Å². The quantitative estimate of drug-likeness (QED) is 0.694. The molecule has 0 aromatic heterocycles. The predicted octanol–water partition coefficient (Wildman–Crippen LogP) is 0.0563. The van der Waals surface area contributed by atoms with Gasteiger partial charge in [-0.05, 0) is 26.2 Å². The van der Waals surface area contributed by atoms with Crippen LogP contribution >= 0.6 is 0 Å². The van der Waals surface area contributed by atoms with Crippen molar-refractivity contribution in [2.75, 3.05) is 31.6 Å². The molecule has 1 fully saturated rings. The Balaban J connectivity index is 2.23. The fourth-order valence-corrected chi connectivity index (χ4v) is 2.88. The Morgan fingerprint density at radius 3 is 2.50 bits per heavy atom. The number of carbonyl (C=O) groups is 2. The van der Waals surface area contributed by atoms with E-state index in [4.69, 9.17) is 5.11 Å². The van der Waals surface area contributed by atoms with Gasteiger partial charge in [0.05, 0.1) is 12.5 Å². The van der Waals surface area contributed by atoms with Crippen molar-refractivity contribution < 1.29 is 18.9 Å². The van der Waals surface area contributed by atoms with E-state index in [2.05, 4.69) is 5.32 Å². The van der Waals surface area contributed by atoms with Gasteiger partial charge in [-0.1, -0.05) is 0 Å². The van der Waals surface area contributed by atoms with E-state index in [1.165, 1.54) is 0 Å². The van der Waals surface area contributed by atoms with Crippen LogP contribution in [-0.2, 0) is 20.4 Å². The van der Waals surface area contributed by atoms with Crippen molar-refractivity contribution >= 4 is 22.7 Å². The molecule has 0 radical (unpaired) electrons. The van der Waals surface area contributed by atoms with Gasteiger partial charge in [0, 0.05) is 41.9 Å². The van der Waals surface area contributed by atoms with Crippen LogP contribution in [0.25, 0.3) is 0 Å². The summed E-state index contributed by atoms with van der Waals surface area (Å²) in [6, 6.07) is 0.152. The minimum Gasteiger partial charge on any atom is -0.481 e. The summed E-state index contributed by atoms with van der Waals surface area (Å²) in [7, 11) is -0.804. The molecule has 0 aromatic rings. The number of aliphatic carboxylic acids is 1. The molecule has 0 aromatic carbocycles. The van der Waals surface area contributed by atoms with Gasteiger partial charge in [0.15, 0.2) is 0 Å². The lowest BCUT2D eigenvalue weighted by Crippen LogP contribution is -2.45. The number of hydrogen-bond acceptors (Lipinski definition) is 4. The van der Waals surface area contributed by atoms with Gasteiger partial charge in [-0.15, -0.1) is 0 Å². The van der Waals surface area contributed by atoms with E-state index in [9.17, 15) is 13.8 Å². The molecule has 116 valence electrons. The maximum absolute atomic E-state index is 12.0. The van der Waals surface area contributed by atoms with Gasteiger partial charge in [0.1, 0.15) is 0 Å². The summed E-state index contributed by atoms with van der Waals surface area (Å²) in [5.74, 6) is -0.438. The van der Waals surface area contributed by atoms with Crippen LogP contribution in [0, 0.1) is 5.92 Å². The first-order valence-corrected chi connectivity index (χ1v) is 8.67. The Kier molecular flexibility index (Phi) is 7.15. The minimum absolute atomic E-state index is 0.0123. The van der Waals surface area contributed by atoms with Crippen molar-refractivity contribution in [3.05, 3.63) is 0 Å². The second-order valence-corrected chi connectivity index (χ2v) is 6.90. The van der Waals surface area contributed by atoms with E-state index < -0.39 is 16.8 Å². The summed E-state index contributed by atoms with van der Waals surface area (Å²) >= 11 is 0. The molecule has 1 aliphatic heterocycles. The second-order valence-electron chi connectivity index (χ2n) is 5.34. The van der Waals surface area contributed by atoms with Crippen LogP contribution in [0.2, 0.25) is 0 Å². The van der Waals surface area contributed by atoms with Gasteiger partial charge in [-0.3, -0.25) is 13.8 Å². The molecule has 0 bridgehead atoms. The summed E-state index contributed by atoms with van der Waals surface area (Å²) in [6.45, 7) is 3.27. The number of nitrogens with zero attached hydrogens (tertiary/aromatic N) is 1. The van der Waals surface area contributed by atoms with Crippen molar-refractivity contribution in [2.45, 2.75) is 32.2 Å². The van der Waals surface area contributed by atoms with Crippen LogP contribution in [0.15, 0.2) is 0 Å². The Morgan fingerprint density at radius 1 is 1.40 bits per heavy atom. The Hall–Kier alpha value is -0.950. The molecular formula is C13H24N2O4S. The molecule has 7 heteroatoms. The maximum Gasteiger partial charge on any atom is 0.306 e. The first-order valence-electron chi connectivity index (χ1n) is 6.94. The predicted molar refractivity (Wildman–Crippen MR) is 78.0 cm³/mol. The smallest absolute Gasteiger partial charge is 0.306 e. The first kappa shape index (κ1) is 17.1. The van der Waals surface area contributed by atoms with E-state index in [1.54, 1.807) is 11.2 Å². The number of carboxylic acid groups (broad SMARTS) is 1. The summed E-state index contributed by atoms with van der Waals surface area (Å²) in [4.78, 5) is 24.5. The van der Waals surface area contributed by atoms with Crippen LogP contribution in [0.1, 0.15) is 26.2 Å². The summed E-state index contributed by atoms with van der Waals surface area (Å²) in [5.41, 5.74) is 0. The molecule has 20 heavy (non-hydrogen) atoms. The zero-order chi connectivity index (χ0) is 15.1. The highest BCUT2D eigenvalue weighted by atomic mass is 32.2. The van der Waals surface area contributed by atoms with Crippen LogP contribution < -0.4 is 5.32 Å². The highest BCUT2D eigenvalue weighted by Gasteiger charge is 2.26. The summed E-state index contributed by atoms with van der Waals surface area (Å²) in [6.07, 6.45) is 3.51. The third-order valence-electron chi connectivity index (χ3n) is 3.64. The summed E-state index contributed by atoms with van der Waals surface area (Å²) in [5, 5.41) is 12.0. The van der Waals surface area contributed by atoms with Crippen LogP contribution in [0.5, 0.6) is 0 Å². The van der Waals surface area contributed by atoms with Crippen LogP contribution in [0.4, 0.5) is 0 Å². The van der Waals surface area contributed by atoms with Gasteiger partial charge in [0.25, 0.3) is 0 Å². The lowest BCUT2D eigenvalue weighted by Gasteiger charge is -2.30. The molecule has 0 spiro atoms. The van der Waals surface area contributed by atoms with E-state index in [0.717, 1.165) is 6.42 Å². The zero-order valence-electron chi connectivity index (χ0n) is 12.1. The van der Waals surface area contributed by atoms with Gasteiger partial charge < -0.3 is 15.3 Å². The van der Waals surface area contributed by atoms with Gasteiger partial charge in [0.2, 0.25) is 5.91 Å². The number of hydrogen-bond donors (Lipinski definition) is 2. The van der Waals surface area contributed by atoms with Crippen molar-refractivity contribution in [3.63, 3.8) is 0 Å². The molecule has 2 unspecified atom stereocenters. The Morgan fingerprint density at radius 2 is 2.00 bits per heavy atom. The lowest BCUT2D eigenvalue weighted by molar-refractivity contribution is -0.145. The Labute approximate surface area is 122 Å². The van der Waals surface area contributed by atoms with Crippen molar-refractivity contribution in [2.24, 2.45) is 5.92 Å². The third-order valence-corrected chi connectivity index (χ3v) is 4.45. The molecule has 1 rings (SSSR count). The first-order chi connectivity index (χ1) is 9.40. The molecular weight excluding hydrogens is 280 g/mol. The highest BCUT2D eigenvalue weighted by molar-refractivity contribution is 7.84. The molecule has 1 aliphatic rings. The monoisotopic (exact) mass is 304 g/mol. The van der Waals surface area contributed by atoms with Gasteiger partial charge >= 0.3 is 5.97 Å². The van der Waals surface area contributed by atoms with Crippen LogP contribution in [0.3, 0.4) is 0 Å². The van der Waals surface area contributed by atoms with Crippen molar-refractivity contribution in [1.82, 2.24) is 10.2 Å². The van der Waals surface area contributed by atoms with E-state index in [1.807, 2.05) is 6.92 Å². The maximum atomic E-state index is 12.0. The zero-order valence-corrected chi connectivity index (χ0v) is 12.9. The largest absolute Gasteiger partial charge is 0.481 e. The van der Waals surface area contributed by atoms with Crippen LogP contribution in [-0.4, -0.2) is 63.8 Å². The average Bonchev–Trinajstić information content (AvgIpc) is 2.42. The number of carbonyl (C=O) groups excluding carboxylic acids is 1. The lowest BCUT2D eigenvalue weighted by atomic mass is 9.97. The summed E-state index contributed by atoms with van der Waals surface area (Å²) < 4.78 is 11.0. The van der Waals surface area contributed by atoms with Crippen molar-refractivity contribution in [3.8, 4) is 0 Å². The normalized spacial score (nSPS) is 19.6. The van der Waals surface area contributed by atoms with E-state index in [-0.39, 0.29) is 24.4 Å². The average molecular weight is 304 g/mol. The molecule has 2 N–H and O–H groups in total. The fourth-order valence-electron chi connectivity index (χ4n) is 2.19. The molecule has 2 atom stereocenters. The number of piperidine rings is 1. The SMILES string of the molecule is CC(CCS(C)=O)NCC(=O)N1CCC(C(=O)O)CC1. The molecule has 1 heterocycles. The topological polar surface area (TPSA) is 86.7 Å². The van der Waals surface area contributed by atoms with E-state index >= 15 is 0 Å². The number of carboxylic acids is 1. The molecule has 0 aliphatic carbocycles. The second kappa shape index (κ2) is 8.36. The standard InChI is InChI=1S/C13H24N2O4S/c1-10(5-8-20(2)19)14-9-12(16)15-6-3-11(4-7-15)13(17)18/h10-11,14H,3-9H2,1-2H3,(H,17,18). The number of nitrogens with one attached hydrogen (secondary N) is 1. The number of rotatable bonds is 7. The highest BCUT2D eigenvalue weighted by Crippen LogP contribution is 2.17. The van der Waals surface area contributed by atoms with Crippen molar-refractivity contribution in [1.29, 1.82) is 0 Å². The molecule has 6 nitrogen and oxygen atoms in total. The number of likely N-dealkylation sites (tertiary alicyclic amines) is 1. The third kappa shape index (κ3) is 6.00. The number of amides is 1. The molecule has 1 saturated heterocycles.